The molecular weight excluding hydrogens is 260 g/mol. The van der Waals surface area contributed by atoms with Crippen molar-refractivity contribution in [2.24, 2.45) is 0 Å². The quantitative estimate of drug-likeness (QED) is 0.779. The molecular formula is C17H22N4. The summed E-state index contributed by atoms with van der Waals surface area (Å²) < 4.78 is 2.00. The topological polar surface area (TPSA) is 36.9 Å². The lowest BCUT2D eigenvalue weighted by molar-refractivity contribution is 0.319. The van der Waals surface area contributed by atoms with Gasteiger partial charge in [-0.15, -0.1) is 0 Å². The molecule has 0 spiro atoms. The third-order valence-corrected chi connectivity index (χ3v) is 3.93. The average molecular weight is 282 g/mol. The van der Waals surface area contributed by atoms with Crippen molar-refractivity contribution < 1.29 is 0 Å². The number of aryl methyl sites for hydroxylation is 2. The molecule has 0 saturated carbocycles. The second-order valence-corrected chi connectivity index (χ2v) is 5.63. The summed E-state index contributed by atoms with van der Waals surface area (Å²) in [5.41, 5.74) is 5.01. The summed E-state index contributed by atoms with van der Waals surface area (Å²) in [7, 11) is 2.16. The smallest absolute Gasteiger partial charge is 0.0638 e. The zero-order chi connectivity index (χ0) is 14.8. The standard InChI is InChI=1S/C17H22N4/c1-4-21-12-16(13(2)19-21)11-20(3)10-15-7-5-6-14-8-9-18-17(14)15/h5-9,12,18H,4,10-11H2,1-3H3. The molecule has 2 aromatic heterocycles. The van der Waals surface area contributed by atoms with Gasteiger partial charge in [0.2, 0.25) is 0 Å². The van der Waals surface area contributed by atoms with Gasteiger partial charge >= 0.3 is 0 Å². The van der Waals surface area contributed by atoms with Gasteiger partial charge in [-0.1, -0.05) is 18.2 Å². The number of nitrogens with one attached hydrogen (secondary N) is 1. The number of aromatic amines is 1. The molecule has 1 N–H and O–H groups in total. The monoisotopic (exact) mass is 282 g/mol. The number of para-hydroxylation sites is 1. The van der Waals surface area contributed by atoms with E-state index in [1.165, 1.54) is 22.0 Å². The number of fused-ring (bicyclic) bond motifs is 1. The van der Waals surface area contributed by atoms with Crippen molar-refractivity contribution in [3.8, 4) is 0 Å². The lowest BCUT2D eigenvalue weighted by Crippen LogP contribution is -2.17. The second kappa shape index (κ2) is 5.74. The van der Waals surface area contributed by atoms with Crippen LogP contribution in [0.25, 0.3) is 10.9 Å². The highest BCUT2D eigenvalue weighted by atomic mass is 15.3. The number of rotatable bonds is 5. The maximum Gasteiger partial charge on any atom is 0.0638 e. The van der Waals surface area contributed by atoms with Gasteiger partial charge in [-0.2, -0.15) is 5.10 Å². The van der Waals surface area contributed by atoms with Gasteiger partial charge in [0.05, 0.1) is 5.69 Å². The van der Waals surface area contributed by atoms with E-state index in [0.29, 0.717) is 0 Å². The van der Waals surface area contributed by atoms with Gasteiger partial charge in [-0.25, -0.2) is 0 Å². The lowest BCUT2D eigenvalue weighted by atomic mass is 10.1. The highest BCUT2D eigenvalue weighted by molar-refractivity contribution is 5.82. The van der Waals surface area contributed by atoms with E-state index in [1.807, 2.05) is 10.9 Å². The molecule has 110 valence electrons. The molecule has 0 aliphatic rings. The van der Waals surface area contributed by atoms with E-state index in [4.69, 9.17) is 0 Å². The first-order valence-electron chi connectivity index (χ1n) is 7.44. The van der Waals surface area contributed by atoms with E-state index >= 15 is 0 Å². The zero-order valence-corrected chi connectivity index (χ0v) is 12.9. The van der Waals surface area contributed by atoms with Crippen LogP contribution in [0.1, 0.15) is 23.7 Å². The maximum atomic E-state index is 4.51. The van der Waals surface area contributed by atoms with E-state index in [1.54, 1.807) is 0 Å². The van der Waals surface area contributed by atoms with Crippen LogP contribution in [0, 0.1) is 6.92 Å². The number of hydrogen-bond donors (Lipinski definition) is 1. The predicted molar refractivity (Wildman–Crippen MR) is 86.1 cm³/mol. The van der Waals surface area contributed by atoms with Crippen molar-refractivity contribution in [2.45, 2.75) is 33.5 Å². The van der Waals surface area contributed by atoms with Crippen molar-refractivity contribution in [1.82, 2.24) is 19.7 Å². The van der Waals surface area contributed by atoms with Gasteiger partial charge in [0, 0.05) is 43.1 Å². The van der Waals surface area contributed by atoms with Crippen molar-refractivity contribution in [1.29, 1.82) is 0 Å². The summed E-state index contributed by atoms with van der Waals surface area (Å²) >= 11 is 0. The Balaban J connectivity index is 1.75. The number of nitrogens with zero attached hydrogens (tertiary/aromatic N) is 3. The summed E-state index contributed by atoms with van der Waals surface area (Å²) in [6.45, 7) is 6.97. The maximum absolute atomic E-state index is 4.51. The van der Waals surface area contributed by atoms with Crippen LogP contribution in [0.15, 0.2) is 36.7 Å². The molecule has 21 heavy (non-hydrogen) atoms. The summed E-state index contributed by atoms with van der Waals surface area (Å²) in [5.74, 6) is 0. The van der Waals surface area contributed by atoms with Gasteiger partial charge in [-0.3, -0.25) is 9.58 Å². The molecule has 0 unspecified atom stereocenters. The molecule has 0 aliphatic heterocycles. The largest absolute Gasteiger partial charge is 0.361 e. The molecule has 3 rings (SSSR count). The summed E-state index contributed by atoms with van der Waals surface area (Å²) in [5, 5.41) is 5.79. The number of benzene rings is 1. The third-order valence-electron chi connectivity index (χ3n) is 3.93. The van der Waals surface area contributed by atoms with Crippen LogP contribution in [-0.2, 0) is 19.6 Å². The van der Waals surface area contributed by atoms with Crippen LogP contribution < -0.4 is 0 Å². The van der Waals surface area contributed by atoms with E-state index in [2.05, 4.69) is 66.3 Å². The summed E-state index contributed by atoms with van der Waals surface area (Å²) in [4.78, 5) is 5.67. The molecule has 0 aliphatic carbocycles. The Morgan fingerprint density at radius 3 is 2.76 bits per heavy atom. The normalized spacial score (nSPS) is 11.6. The molecule has 2 heterocycles. The minimum Gasteiger partial charge on any atom is -0.361 e. The highest BCUT2D eigenvalue weighted by Crippen LogP contribution is 2.19. The molecule has 0 radical (unpaired) electrons. The fourth-order valence-electron chi connectivity index (χ4n) is 2.80. The third kappa shape index (κ3) is 2.85. The molecule has 4 nitrogen and oxygen atoms in total. The SMILES string of the molecule is CCn1cc(CN(C)Cc2cccc3cc[nH]c23)c(C)n1. The highest BCUT2D eigenvalue weighted by Gasteiger charge is 2.09. The predicted octanol–water partition coefficient (Wildman–Crippen LogP) is 3.32. The molecule has 0 bridgehead atoms. The Kier molecular flexibility index (Phi) is 3.80. The van der Waals surface area contributed by atoms with Crippen LogP contribution in [-0.4, -0.2) is 26.7 Å². The first-order chi connectivity index (χ1) is 10.2. The van der Waals surface area contributed by atoms with Crippen LogP contribution in [0.4, 0.5) is 0 Å². The Hall–Kier alpha value is -2.07. The Labute approximate surface area is 125 Å². The molecule has 0 fully saturated rings. The van der Waals surface area contributed by atoms with Gasteiger partial charge in [0.1, 0.15) is 0 Å². The minimum absolute atomic E-state index is 0.920. The van der Waals surface area contributed by atoms with E-state index in [9.17, 15) is 0 Å². The summed E-state index contributed by atoms with van der Waals surface area (Å²) in [6.07, 6.45) is 4.16. The number of aromatic nitrogens is 3. The molecule has 1 aromatic carbocycles. The van der Waals surface area contributed by atoms with E-state index in [0.717, 1.165) is 25.3 Å². The lowest BCUT2D eigenvalue weighted by Gasteiger charge is -2.16. The first-order valence-corrected chi connectivity index (χ1v) is 7.44. The van der Waals surface area contributed by atoms with Crippen molar-refractivity contribution in [2.75, 3.05) is 7.05 Å². The minimum atomic E-state index is 0.920. The number of hydrogen-bond acceptors (Lipinski definition) is 2. The average Bonchev–Trinajstić information content (AvgIpc) is 3.06. The van der Waals surface area contributed by atoms with Crippen molar-refractivity contribution in [3.63, 3.8) is 0 Å². The fourth-order valence-corrected chi connectivity index (χ4v) is 2.80. The van der Waals surface area contributed by atoms with Gasteiger partial charge in [0.25, 0.3) is 0 Å². The van der Waals surface area contributed by atoms with Crippen LogP contribution in [0.3, 0.4) is 0 Å². The van der Waals surface area contributed by atoms with E-state index < -0.39 is 0 Å². The van der Waals surface area contributed by atoms with Crippen molar-refractivity contribution >= 4 is 10.9 Å². The van der Waals surface area contributed by atoms with Gasteiger partial charge in [0.15, 0.2) is 0 Å². The van der Waals surface area contributed by atoms with Gasteiger partial charge < -0.3 is 4.98 Å². The van der Waals surface area contributed by atoms with Crippen LogP contribution in [0.5, 0.6) is 0 Å². The fraction of sp³-hybridized carbons (Fsp3) is 0.353. The molecule has 0 amide bonds. The molecule has 3 aromatic rings. The van der Waals surface area contributed by atoms with Crippen LogP contribution >= 0.6 is 0 Å². The van der Waals surface area contributed by atoms with E-state index in [-0.39, 0.29) is 0 Å². The molecule has 4 heteroatoms. The first kappa shape index (κ1) is 13.9. The Bertz CT molecular complexity index is 738. The Morgan fingerprint density at radius 2 is 2.00 bits per heavy atom. The summed E-state index contributed by atoms with van der Waals surface area (Å²) in [6, 6.07) is 8.58. The van der Waals surface area contributed by atoms with Gasteiger partial charge in [-0.05, 0) is 37.9 Å². The molecule has 0 saturated heterocycles. The zero-order valence-electron chi connectivity index (χ0n) is 12.9. The second-order valence-electron chi connectivity index (χ2n) is 5.63. The molecule has 0 atom stereocenters. The van der Waals surface area contributed by atoms with Crippen molar-refractivity contribution in [3.05, 3.63) is 53.5 Å². The Morgan fingerprint density at radius 1 is 1.19 bits per heavy atom. The van der Waals surface area contributed by atoms with Crippen LogP contribution in [0.2, 0.25) is 0 Å². The number of H-pyrrole nitrogens is 1.